The van der Waals surface area contributed by atoms with Crippen molar-refractivity contribution >= 4 is 5.82 Å². The van der Waals surface area contributed by atoms with Crippen LogP contribution in [0.2, 0.25) is 0 Å². The molecule has 16 heavy (non-hydrogen) atoms. The third-order valence-corrected chi connectivity index (χ3v) is 2.82. The van der Waals surface area contributed by atoms with E-state index >= 15 is 0 Å². The molecule has 1 fully saturated rings. The van der Waals surface area contributed by atoms with Gasteiger partial charge in [-0.3, -0.25) is 4.98 Å². The molecule has 1 N–H and O–H groups in total. The molecule has 1 aliphatic heterocycles. The van der Waals surface area contributed by atoms with Crippen LogP contribution in [0, 0.1) is 0 Å². The summed E-state index contributed by atoms with van der Waals surface area (Å²) in [5.41, 5.74) is 0. The van der Waals surface area contributed by atoms with Gasteiger partial charge >= 0.3 is 0 Å². The maximum absolute atomic E-state index is 5.81. The van der Waals surface area contributed by atoms with Gasteiger partial charge in [-0.2, -0.15) is 4.98 Å². The molecule has 5 nitrogen and oxygen atoms in total. The summed E-state index contributed by atoms with van der Waals surface area (Å²) in [6, 6.07) is 0. The minimum atomic E-state index is 0.276. The molecule has 0 atom stereocenters. The Kier molecular flexibility index (Phi) is 3.56. The molecule has 5 heteroatoms. The van der Waals surface area contributed by atoms with Gasteiger partial charge in [0.05, 0.1) is 12.4 Å². The number of nitrogens with zero attached hydrogens (tertiary/aromatic N) is 3. The van der Waals surface area contributed by atoms with E-state index < -0.39 is 0 Å². The van der Waals surface area contributed by atoms with Crippen LogP contribution < -0.4 is 10.1 Å². The largest absolute Gasteiger partial charge is 0.473 e. The summed E-state index contributed by atoms with van der Waals surface area (Å²) >= 11 is 0. The lowest BCUT2D eigenvalue weighted by Gasteiger charge is -2.28. The van der Waals surface area contributed by atoms with Crippen molar-refractivity contribution in [2.24, 2.45) is 0 Å². The second-order valence-electron chi connectivity index (χ2n) is 4.11. The molecule has 2 rings (SSSR count). The van der Waals surface area contributed by atoms with Gasteiger partial charge < -0.3 is 15.0 Å². The summed E-state index contributed by atoms with van der Waals surface area (Å²) in [6.07, 6.45) is 5.74. The molecule has 0 saturated carbocycles. The number of nitrogens with one attached hydrogen (secondary N) is 1. The molecule has 0 unspecified atom stereocenters. The number of rotatable bonds is 3. The molecule has 0 aliphatic carbocycles. The molecular weight excluding hydrogens is 204 g/mol. The Hall–Kier alpha value is -1.36. The zero-order valence-corrected chi connectivity index (χ0v) is 9.81. The third kappa shape index (κ3) is 2.82. The van der Waals surface area contributed by atoms with Gasteiger partial charge in [-0.1, -0.05) is 0 Å². The van der Waals surface area contributed by atoms with Crippen molar-refractivity contribution in [2.45, 2.75) is 18.9 Å². The third-order valence-electron chi connectivity index (χ3n) is 2.82. The van der Waals surface area contributed by atoms with Crippen molar-refractivity contribution in [2.75, 3.05) is 32.5 Å². The van der Waals surface area contributed by atoms with Gasteiger partial charge in [-0.25, -0.2) is 0 Å². The first-order valence-corrected chi connectivity index (χ1v) is 5.63. The Morgan fingerprint density at radius 1 is 1.38 bits per heavy atom. The number of ether oxygens (including phenoxy) is 1. The molecule has 2 heterocycles. The molecule has 0 spiro atoms. The fraction of sp³-hybridized carbons (Fsp3) is 0.636. The molecule has 88 valence electrons. The van der Waals surface area contributed by atoms with Crippen LogP contribution in [0.3, 0.4) is 0 Å². The van der Waals surface area contributed by atoms with E-state index in [0.717, 1.165) is 31.7 Å². The molecule has 1 aliphatic rings. The number of likely N-dealkylation sites (tertiary alicyclic amines) is 1. The van der Waals surface area contributed by atoms with E-state index in [9.17, 15) is 0 Å². The highest BCUT2D eigenvalue weighted by molar-refractivity contribution is 5.31. The van der Waals surface area contributed by atoms with Gasteiger partial charge in [0.1, 0.15) is 11.9 Å². The Bertz CT molecular complexity index is 337. The highest BCUT2D eigenvalue weighted by Gasteiger charge is 2.18. The number of hydrogen-bond acceptors (Lipinski definition) is 5. The normalized spacial score (nSPS) is 18.4. The van der Waals surface area contributed by atoms with E-state index in [1.165, 1.54) is 0 Å². The topological polar surface area (TPSA) is 50.3 Å². The van der Waals surface area contributed by atoms with Crippen LogP contribution in [-0.4, -0.2) is 48.2 Å². The van der Waals surface area contributed by atoms with Crippen LogP contribution in [0.4, 0.5) is 5.82 Å². The van der Waals surface area contributed by atoms with Crippen LogP contribution >= 0.6 is 0 Å². The monoisotopic (exact) mass is 222 g/mol. The van der Waals surface area contributed by atoms with Crippen molar-refractivity contribution in [1.29, 1.82) is 0 Å². The minimum Gasteiger partial charge on any atom is -0.473 e. The molecule has 0 bridgehead atoms. The lowest BCUT2D eigenvalue weighted by Crippen LogP contribution is -2.35. The molecular formula is C11H18N4O. The Morgan fingerprint density at radius 3 is 2.81 bits per heavy atom. The minimum absolute atomic E-state index is 0.276. The molecule has 0 amide bonds. The fourth-order valence-electron chi connectivity index (χ4n) is 1.80. The van der Waals surface area contributed by atoms with Gasteiger partial charge in [0, 0.05) is 20.1 Å². The van der Waals surface area contributed by atoms with Gasteiger partial charge in [-0.05, 0) is 19.9 Å². The lowest BCUT2D eigenvalue weighted by molar-refractivity contribution is 0.109. The van der Waals surface area contributed by atoms with E-state index in [1.807, 2.05) is 7.05 Å². The van der Waals surface area contributed by atoms with Gasteiger partial charge in [0.25, 0.3) is 0 Å². The van der Waals surface area contributed by atoms with E-state index in [1.54, 1.807) is 12.4 Å². The quantitative estimate of drug-likeness (QED) is 0.826. The predicted molar refractivity (Wildman–Crippen MR) is 62.7 cm³/mol. The zero-order valence-electron chi connectivity index (χ0n) is 9.81. The van der Waals surface area contributed by atoms with E-state index in [-0.39, 0.29) is 6.10 Å². The van der Waals surface area contributed by atoms with Crippen molar-refractivity contribution in [1.82, 2.24) is 14.9 Å². The zero-order chi connectivity index (χ0) is 11.4. The molecule has 0 radical (unpaired) electrons. The van der Waals surface area contributed by atoms with Crippen LogP contribution in [-0.2, 0) is 0 Å². The standard InChI is InChI=1S/C11H18N4O/c1-12-10-7-13-8-11(14-10)16-9-3-5-15(2)6-4-9/h7-9H,3-6H2,1-2H3,(H,12,14). The van der Waals surface area contributed by atoms with Crippen LogP contribution in [0.15, 0.2) is 12.4 Å². The fourth-order valence-corrected chi connectivity index (χ4v) is 1.80. The van der Waals surface area contributed by atoms with Crippen LogP contribution in [0.25, 0.3) is 0 Å². The number of hydrogen-bond donors (Lipinski definition) is 1. The summed E-state index contributed by atoms with van der Waals surface area (Å²) in [5, 5.41) is 2.95. The van der Waals surface area contributed by atoms with Crippen molar-refractivity contribution in [3.05, 3.63) is 12.4 Å². The first-order valence-electron chi connectivity index (χ1n) is 5.63. The molecule has 1 aromatic heterocycles. The van der Waals surface area contributed by atoms with E-state index in [0.29, 0.717) is 5.88 Å². The first-order chi connectivity index (χ1) is 7.78. The maximum atomic E-state index is 5.81. The average molecular weight is 222 g/mol. The first kappa shape index (κ1) is 11.1. The second kappa shape index (κ2) is 5.12. The van der Waals surface area contributed by atoms with Crippen molar-refractivity contribution < 1.29 is 4.74 Å². The number of piperidine rings is 1. The average Bonchev–Trinajstić information content (AvgIpc) is 2.32. The molecule has 1 saturated heterocycles. The second-order valence-corrected chi connectivity index (χ2v) is 4.11. The van der Waals surface area contributed by atoms with Gasteiger partial charge in [-0.15, -0.1) is 0 Å². The van der Waals surface area contributed by atoms with Crippen LogP contribution in [0.5, 0.6) is 5.88 Å². The maximum Gasteiger partial charge on any atom is 0.234 e. The Morgan fingerprint density at radius 2 is 2.12 bits per heavy atom. The summed E-state index contributed by atoms with van der Waals surface area (Å²) in [7, 11) is 3.96. The summed E-state index contributed by atoms with van der Waals surface area (Å²) in [4.78, 5) is 10.7. The van der Waals surface area contributed by atoms with Gasteiger partial charge in [0.2, 0.25) is 5.88 Å². The van der Waals surface area contributed by atoms with Crippen LogP contribution in [0.1, 0.15) is 12.8 Å². The predicted octanol–water partition coefficient (Wildman–Crippen LogP) is 0.991. The lowest BCUT2D eigenvalue weighted by atomic mass is 10.1. The summed E-state index contributed by atoms with van der Waals surface area (Å²) < 4.78 is 5.81. The summed E-state index contributed by atoms with van der Waals surface area (Å²) in [6.45, 7) is 2.17. The number of anilines is 1. The highest BCUT2D eigenvalue weighted by Crippen LogP contribution is 2.16. The SMILES string of the molecule is CNc1cncc(OC2CCN(C)CC2)n1. The van der Waals surface area contributed by atoms with Crippen molar-refractivity contribution in [3.63, 3.8) is 0 Å². The van der Waals surface area contributed by atoms with E-state index in [4.69, 9.17) is 4.74 Å². The Labute approximate surface area is 95.8 Å². The smallest absolute Gasteiger partial charge is 0.234 e. The molecule has 1 aromatic rings. The van der Waals surface area contributed by atoms with Crippen molar-refractivity contribution in [3.8, 4) is 5.88 Å². The number of aromatic nitrogens is 2. The van der Waals surface area contributed by atoms with Gasteiger partial charge in [0.15, 0.2) is 0 Å². The molecule has 0 aromatic carbocycles. The Balaban J connectivity index is 1.93. The highest BCUT2D eigenvalue weighted by atomic mass is 16.5. The van der Waals surface area contributed by atoms with E-state index in [2.05, 4.69) is 27.2 Å². The summed E-state index contributed by atoms with van der Waals surface area (Å²) in [5.74, 6) is 1.35.